The van der Waals surface area contributed by atoms with Crippen LogP contribution in [0.1, 0.15) is 40.5 Å². The Morgan fingerprint density at radius 2 is 2.05 bits per heavy atom. The maximum absolute atomic E-state index is 12.5. The number of carbonyl (C=O) groups is 1. The number of alkyl halides is 2. The van der Waals surface area contributed by atoms with Crippen molar-refractivity contribution in [2.24, 2.45) is 17.6 Å². The molecular weight excluding hydrogens is 266 g/mol. The SMILES string of the molecule is CC1CN(C(=O)OC(C)(C)C)CCC1CC(N)C(F)F. The van der Waals surface area contributed by atoms with Gasteiger partial charge in [-0.15, -0.1) is 0 Å². The highest BCUT2D eigenvalue weighted by atomic mass is 19.3. The third kappa shape index (κ3) is 5.23. The fraction of sp³-hybridized carbons (Fsp3) is 0.929. The maximum atomic E-state index is 12.5. The van der Waals surface area contributed by atoms with Crippen molar-refractivity contribution in [2.75, 3.05) is 13.1 Å². The van der Waals surface area contributed by atoms with Crippen LogP contribution < -0.4 is 5.73 Å². The van der Waals surface area contributed by atoms with E-state index in [1.54, 1.807) is 4.90 Å². The lowest BCUT2D eigenvalue weighted by Crippen LogP contribution is -2.46. The Morgan fingerprint density at radius 1 is 1.45 bits per heavy atom. The first-order valence-electron chi connectivity index (χ1n) is 7.12. The predicted octanol–water partition coefficient (Wildman–Crippen LogP) is 2.86. The minimum atomic E-state index is -2.48. The average Bonchev–Trinajstić information content (AvgIpc) is 2.29. The van der Waals surface area contributed by atoms with Crippen LogP contribution in [0.15, 0.2) is 0 Å². The molecule has 1 heterocycles. The van der Waals surface area contributed by atoms with Gasteiger partial charge >= 0.3 is 6.09 Å². The van der Waals surface area contributed by atoms with Crippen LogP contribution in [0.2, 0.25) is 0 Å². The number of piperidine rings is 1. The van der Waals surface area contributed by atoms with E-state index < -0.39 is 18.1 Å². The molecule has 1 aliphatic heterocycles. The summed E-state index contributed by atoms with van der Waals surface area (Å²) < 4.78 is 30.3. The van der Waals surface area contributed by atoms with E-state index in [0.29, 0.717) is 25.9 Å². The minimum Gasteiger partial charge on any atom is -0.444 e. The lowest BCUT2D eigenvalue weighted by Gasteiger charge is -2.38. The Balaban J connectivity index is 2.49. The van der Waals surface area contributed by atoms with Crippen LogP contribution in [-0.4, -0.2) is 42.2 Å². The van der Waals surface area contributed by atoms with Gasteiger partial charge in [0.1, 0.15) is 5.60 Å². The Labute approximate surface area is 119 Å². The van der Waals surface area contributed by atoms with Gasteiger partial charge in [-0.25, -0.2) is 13.6 Å². The number of hydrogen-bond acceptors (Lipinski definition) is 3. The number of likely N-dealkylation sites (tertiary alicyclic amines) is 1. The Morgan fingerprint density at radius 3 is 2.50 bits per heavy atom. The van der Waals surface area contributed by atoms with E-state index in [-0.39, 0.29) is 17.9 Å². The van der Waals surface area contributed by atoms with E-state index >= 15 is 0 Å². The van der Waals surface area contributed by atoms with Crippen LogP contribution in [0, 0.1) is 11.8 Å². The highest BCUT2D eigenvalue weighted by Crippen LogP contribution is 2.29. The molecule has 0 saturated carbocycles. The molecule has 0 spiro atoms. The fourth-order valence-electron chi connectivity index (χ4n) is 2.49. The summed E-state index contributed by atoms with van der Waals surface area (Å²) in [6.07, 6.45) is -1.81. The summed E-state index contributed by atoms with van der Waals surface area (Å²) >= 11 is 0. The van der Waals surface area contributed by atoms with Gasteiger partial charge in [-0.05, 0) is 45.4 Å². The van der Waals surface area contributed by atoms with Crippen LogP contribution in [0.4, 0.5) is 13.6 Å². The maximum Gasteiger partial charge on any atom is 0.410 e. The molecule has 118 valence electrons. The lowest BCUT2D eigenvalue weighted by molar-refractivity contribution is 0.00837. The third-order valence-corrected chi connectivity index (χ3v) is 3.63. The Hall–Kier alpha value is -0.910. The van der Waals surface area contributed by atoms with Gasteiger partial charge in [0, 0.05) is 13.1 Å². The number of carbonyl (C=O) groups excluding carboxylic acids is 1. The van der Waals surface area contributed by atoms with Crippen LogP contribution >= 0.6 is 0 Å². The molecule has 3 unspecified atom stereocenters. The zero-order valence-corrected chi connectivity index (χ0v) is 12.7. The minimum absolute atomic E-state index is 0.137. The van der Waals surface area contributed by atoms with Crippen LogP contribution in [0.3, 0.4) is 0 Å². The molecule has 1 aliphatic rings. The molecule has 1 fully saturated rings. The van der Waals surface area contributed by atoms with Gasteiger partial charge < -0.3 is 15.4 Å². The summed E-state index contributed by atoms with van der Waals surface area (Å²) in [7, 11) is 0. The molecule has 6 heteroatoms. The number of nitrogens with zero attached hydrogens (tertiary/aromatic N) is 1. The number of amides is 1. The van der Waals surface area contributed by atoms with Gasteiger partial charge in [0.05, 0.1) is 6.04 Å². The summed E-state index contributed by atoms with van der Waals surface area (Å²) in [5, 5.41) is 0. The average molecular weight is 292 g/mol. The van der Waals surface area contributed by atoms with E-state index in [2.05, 4.69) is 0 Å². The van der Waals surface area contributed by atoms with Crippen molar-refractivity contribution in [2.45, 2.75) is 58.6 Å². The molecule has 0 aromatic rings. The molecule has 0 bridgehead atoms. The molecule has 0 aromatic heterocycles. The molecule has 1 rings (SSSR count). The van der Waals surface area contributed by atoms with Crippen LogP contribution in [-0.2, 0) is 4.74 Å². The molecule has 2 N–H and O–H groups in total. The summed E-state index contributed by atoms with van der Waals surface area (Å²) in [6.45, 7) is 8.52. The monoisotopic (exact) mass is 292 g/mol. The number of nitrogens with two attached hydrogens (primary N) is 1. The molecule has 0 radical (unpaired) electrons. The van der Waals surface area contributed by atoms with Crippen molar-refractivity contribution in [1.29, 1.82) is 0 Å². The smallest absolute Gasteiger partial charge is 0.410 e. The standard InChI is InChI=1S/C14H26F2N2O2/c1-9-8-18(13(19)20-14(2,3)4)6-5-10(9)7-11(17)12(15)16/h9-12H,5-8,17H2,1-4H3. The van der Waals surface area contributed by atoms with Crippen molar-refractivity contribution in [3.63, 3.8) is 0 Å². The van der Waals surface area contributed by atoms with Gasteiger partial charge in [-0.3, -0.25) is 0 Å². The van der Waals surface area contributed by atoms with E-state index in [4.69, 9.17) is 10.5 Å². The topological polar surface area (TPSA) is 55.6 Å². The summed E-state index contributed by atoms with van der Waals surface area (Å²) in [4.78, 5) is 13.6. The van der Waals surface area contributed by atoms with E-state index in [1.807, 2.05) is 27.7 Å². The molecule has 3 atom stereocenters. The highest BCUT2D eigenvalue weighted by Gasteiger charge is 2.33. The number of rotatable bonds is 3. The third-order valence-electron chi connectivity index (χ3n) is 3.63. The molecule has 20 heavy (non-hydrogen) atoms. The number of ether oxygens (including phenoxy) is 1. The molecule has 0 aliphatic carbocycles. The quantitative estimate of drug-likeness (QED) is 0.870. The fourth-order valence-corrected chi connectivity index (χ4v) is 2.49. The van der Waals surface area contributed by atoms with E-state index in [1.165, 1.54) is 0 Å². The van der Waals surface area contributed by atoms with Gasteiger partial charge in [0.25, 0.3) is 6.43 Å². The number of halogens is 2. The second-order valence-electron chi connectivity index (χ2n) is 6.69. The van der Waals surface area contributed by atoms with Crippen molar-refractivity contribution < 1.29 is 18.3 Å². The zero-order chi connectivity index (χ0) is 15.5. The van der Waals surface area contributed by atoms with Gasteiger partial charge in [0.15, 0.2) is 0 Å². The van der Waals surface area contributed by atoms with E-state index in [0.717, 1.165) is 0 Å². The van der Waals surface area contributed by atoms with Crippen molar-refractivity contribution >= 4 is 6.09 Å². The van der Waals surface area contributed by atoms with Gasteiger partial charge in [0.2, 0.25) is 0 Å². The molecule has 0 aromatic carbocycles. The van der Waals surface area contributed by atoms with Crippen LogP contribution in [0.5, 0.6) is 0 Å². The summed E-state index contributed by atoms with van der Waals surface area (Å²) in [5.41, 5.74) is 4.91. The first-order chi connectivity index (χ1) is 9.10. The largest absolute Gasteiger partial charge is 0.444 e. The van der Waals surface area contributed by atoms with E-state index in [9.17, 15) is 13.6 Å². The summed E-state index contributed by atoms with van der Waals surface area (Å²) in [6, 6.07) is -1.07. The second kappa shape index (κ2) is 6.70. The normalized spacial score (nSPS) is 25.7. The first-order valence-corrected chi connectivity index (χ1v) is 7.12. The lowest BCUT2D eigenvalue weighted by atomic mass is 9.82. The predicted molar refractivity (Wildman–Crippen MR) is 73.7 cm³/mol. The molecule has 1 amide bonds. The Bertz CT molecular complexity index is 332. The first kappa shape index (κ1) is 17.1. The van der Waals surface area contributed by atoms with Gasteiger partial charge in [-0.2, -0.15) is 0 Å². The number of hydrogen-bond donors (Lipinski definition) is 1. The Kier molecular flexibility index (Phi) is 5.74. The van der Waals surface area contributed by atoms with Crippen molar-refractivity contribution in [1.82, 2.24) is 4.90 Å². The highest BCUT2D eigenvalue weighted by molar-refractivity contribution is 5.68. The molecule has 1 saturated heterocycles. The van der Waals surface area contributed by atoms with Crippen molar-refractivity contribution in [3.8, 4) is 0 Å². The molecular formula is C14H26F2N2O2. The molecule has 4 nitrogen and oxygen atoms in total. The summed E-state index contributed by atoms with van der Waals surface area (Å²) in [5.74, 6) is 0.291. The van der Waals surface area contributed by atoms with Gasteiger partial charge in [-0.1, -0.05) is 6.92 Å². The van der Waals surface area contributed by atoms with Crippen molar-refractivity contribution in [3.05, 3.63) is 0 Å². The van der Waals surface area contributed by atoms with Crippen LogP contribution in [0.25, 0.3) is 0 Å². The zero-order valence-electron chi connectivity index (χ0n) is 12.7. The second-order valence-corrected chi connectivity index (χ2v) is 6.69.